The summed E-state index contributed by atoms with van der Waals surface area (Å²) in [6, 6.07) is 17.1. The number of rotatable bonds is 6. The number of halogens is 3. The summed E-state index contributed by atoms with van der Waals surface area (Å²) in [4.78, 5) is 39.0. The van der Waals surface area contributed by atoms with Crippen molar-refractivity contribution < 1.29 is 14.4 Å². The summed E-state index contributed by atoms with van der Waals surface area (Å²) >= 11 is 18.5. The number of hydrogen-bond donors (Lipinski definition) is 2. The van der Waals surface area contributed by atoms with Gasteiger partial charge in [0.05, 0.1) is 12.1 Å². The van der Waals surface area contributed by atoms with Crippen LogP contribution in [0.3, 0.4) is 0 Å². The Bertz CT molecular complexity index is 1380. The minimum Gasteiger partial charge on any atom is -0.350 e. The molecule has 0 fully saturated rings. The molecule has 0 radical (unpaired) electrons. The van der Waals surface area contributed by atoms with Gasteiger partial charge in [0.25, 0.3) is 11.8 Å². The van der Waals surface area contributed by atoms with E-state index < -0.39 is 11.8 Å². The van der Waals surface area contributed by atoms with Gasteiger partial charge in [0, 0.05) is 21.4 Å². The molecule has 1 aliphatic rings. The van der Waals surface area contributed by atoms with E-state index in [1.165, 1.54) is 0 Å². The number of anilines is 3. The highest BCUT2D eigenvalue weighted by Crippen LogP contribution is 2.32. The summed E-state index contributed by atoms with van der Waals surface area (Å²) in [5, 5.41) is 6.53. The largest absolute Gasteiger partial charge is 0.350 e. The highest BCUT2D eigenvalue weighted by atomic mass is 35.5. The zero-order valence-electron chi connectivity index (χ0n) is 18.8. The minimum absolute atomic E-state index is 0.0323. The molecular weight excluding hydrogens is 509 g/mol. The van der Waals surface area contributed by atoms with Crippen LogP contribution < -0.4 is 15.5 Å². The fourth-order valence-corrected chi connectivity index (χ4v) is 4.05. The first kappa shape index (κ1) is 24.8. The molecule has 0 atom stereocenters. The van der Waals surface area contributed by atoms with E-state index in [-0.39, 0.29) is 23.1 Å². The van der Waals surface area contributed by atoms with Crippen molar-refractivity contribution in [3.05, 3.63) is 98.1 Å². The molecule has 1 heterocycles. The molecule has 178 valence electrons. The first-order valence-corrected chi connectivity index (χ1v) is 11.7. The fourth-order valence-electron chi connectivity index (χ4n) is 3.48. The van der Waals surface area contributed by atoms with Crippen LogP contribution in [0.25, 0.3) is 0 Å². The van der Waals surface area contributed by atoms with E-state index in [1.807, 2.05) is 19.9 Å². The highest BCUT2D eigenvalue weighted by Gasteiger charge is 2.39. The second-order valence-electron chi connectivity index (χ2n) is 8.08. The van der Waals surface area contributed by atoms with E-state index >= 15 is 0 Å². The van der Waals surface area contributed by atoms with Crippen molar-refractivity contribution in [2.75, 3.05) is 15.5 Å². The normalized spacial score (nSPS) is 13.5. The van der Waals surface area contributed by atoms with Gasteiger partial charge >= 0.3 is 0 Å². The molecule has 4 rings (SSSR count). The van der Waals surface area contributed by atoms with Crippen LogP contribution in [-0.4, -0.2) is 17.7 Å². The molecule has 3 aromatic carbocycles. The topological polar surface area (TPSA) is 78.5 Å². The lowest BCUT2D eigenvalue weighted by Crippen LogP contribution is -2.32. The first-order valence-electron chi connectivity index (χ1n) is 10.6. The van der Waals surface area contributed by atoms with E-state index in [0.717, 1.165) is 21.6 Å². The summed E-state index contributed by atoms with van der Waals surface area (Å²) in [7, 11) is 0. The predicted molar refractivity (Wildman–Crippen MR) is 140 cm³/mol. The maximum absolute atomic E-state index is 13.0. The van der Waals surface area contributed by atoms with E-state index in [4.69, 9.17) is 34.8 Å². The van der Waals surface area contributed by atoms with Crippen LogP contribution in [0, 0.1) is 13.8 Å². The lowest BCUT2D eigenvalue weighted by atomic mass is 10.1. The van der Waals surface area contributed by atoms with Gasteiger partial charge in [0.1, 0.15) is 10.7 Å². The van der Waals surface area contributed by atoms with Gasteiger partial charge in [-0.15, -0.1) is 0 Å². The smallest absolute Gasteiger partial charge is 0.283 e. The molecule has 0 aliphatic carbocycles. The third kappa shape index (κ3) is 5.35. The Kier molecular flexibility index (Phi) is 7.17. The van der Waals surface area contributed by atoms with Crippen molar-refractivity contribution in [3.63, 3.8) is 0 Å². The molecule has 2 N–H and O–H groups in total. The van der Waals surface area contributed by atoms with Gasteiger partial charge in [-0.2, -0.15) is 0 Å². The van der Waals surface area contributed by atoms with E-state index in [2.05, 4.69) is 10.6 Å². The average molecular weight is 529 g/mol. The number of carbonyl (C=O) groups is 3. The summed E-state index contributed by atoms with van der Waals surface area (Å²) < 4.78 is 0. The quantitative estimate of drug-likeness (QED) is 0.372. The van der Waals surface area contributed by atoms with E-state index in [9.17, 15) is 14.4 Å². The predicted octanol–water partition coefficient (Wildman–Crippen LogP) is 6.23. The number of amides is 3. The van der Waals surface area contributed by atoms with Gasteiger partial charge in [-0.1, -0.05) is 59.1 Å². The molecule has 0 saturated heterocycles. The van der Waals surface area contributed by atoms with Crippen molar-refractivity contribution in [3.8, 4) is 0 Å². The van der Waals surface area contributed by atoms with Gasteiger partial charge in [0.2, 0.25) is 5.91 Å². The Morgan fingerprint density at radius 1 is 0.800 bits per heavy atom. The number of nitrogens with one attached hydrogen (secondary N) is 2. The maximum Gasteiger partial charge on any atom is 0.283 e. The molecule has 0 unspecified atom stereocenters. The maximum atomic E-state index is 13.0. The fraction of sp³-hybridized carbons (Fsp3) is 0.115. The molecule has 0 spiro atoms. The number of carbonyl (C=O) groups excluding carboxylic acids is 3. The summed E-state index contributed by atoms with van der Waals surface area (Å²) in [6.07, 6.45) is 0.147. The minimum atomic E-state index is -0.636. The number of hydrogen-bond acceptors (Lipinski definition) is 4. The molecule has 6 nitrogen and oxygen atoms in total. The molecule has 3 aromatic rings. The number of aryl methyl sites for hydroxylation is 2. The Labute approximate surface area is 217 Å². The molecule has 1 aliphatic heterocycles. The van der Waals surface area contributed by atoms with Crippen molar-refractivity contribution in [2.24, 2.45) is 0 Å². The Morgan fingerprint density at radius 3 is 2.03 bits per heavy atom. The Balaban J connectivity index is 1.42. The molecule has 0 bridgehead atoms. The van der Waals surface area contributed by atoms with Crippen LogP contribution in [0.1, 0.15) is 16.7 Å². The lowest BCUT2D eigenvalue weighted by Gasteiger charge is -2.16. The van der Waals surface area contributed by atoms with Crippen LogP contribution in [0.4, 0.5) is 17.1 Å². The van der Waals surface area contributed by atoms with Crippen LogP contribution in [-0.2, 0) is 20.8 Å². The van der Waals surface area contributed by atoms with Gasteiger partial charge in [-0.3, -0.25) is 14.4 Å². The van der Waals surface area contributed by atoms with Crippen molar-refractivity contribution in [2.45, 2.75) is 20.3 Å². The number of benzene rings is 3. The zero-order chi connectivity index (χ0) is 25.3. The Morgan fingerprint density at radius 2 is 1.40 bits per heavy atom. The molecule has 35 heavy (non-hydrogen) atoms. The van der Waals surface area contributed by atoms with Gasteiger partial charge in [-0.05, 0) is 66.9 Å². The van der Waals surface area contributed by atoms with Gasteiger partial charge in [-0.25, -0.2) is 4.90 Å². The van der Waals surface area contributed by atoms with E-state index in [0.29, 0.717) is 27.1 Å². The molecular formula is C26H20Cl3N3O3. The second-order valence-corrected chi connectivity index (χ2v) is 9.27. The summed E-state index contributed by atoms with van der Waals surface area (Å²) in [5.74, 6) is -1.41. The zero-order valence-corrected chi connectivity index (χ0v) is 21.1. The van der Waals surface area contributed by atoms with Crippen LogP contribution in [0.2, 0.25) is 10.0 Å². The number of imide groups is 1. The standard InChI is InChI=1S/C26H20Cl3N3O3/c1-14-3-7-18(12-20(14)27)30-22(33)11-16-5-8-17(9-6-16)31-24-23(29)25(34)32(26(24)35)19-10-4-15(2)21(28)13-19/h3-10,12-13,31H,11H2,1-2H3,(H,30,33). The second kappa shape index (κ2) is 10.1. The van der Waals surface area contributed by atoms with Gasteiger partial charge < -0.3 is 10.6 Å². The SMILES string of the molecule is Cc1ccc(NC(=O)Cc2ccc(NC3=C(Cl)C(=O)N(c4ccc(C)c(Cl)c4)C3=O)cc2)cc1Cl. The lowest BCUT2D eigenvalue weighted by molar-refractivity contribution is -0.120. The third-order valence-corrected chi connectivity index (χ3v) is 6.65. The molecule has 0 saturated carbocycles. The Hall–Kier alpha value is -3.32. The molecule has 3 amide bonds. The third-order valence-electron chi connectivity index (χ3n) is 5.48. The van der Waals surface area contributed by atoms with Crippen LogP contribution in [0.5, 0.6) is 0 Å². The average Bonchev–Trinajstić information content (AvgIpc) is 3.02. The number of nitrogens with zero attached hydrogens (tertiary/aromatic N) is 1. The van der Waals surface area contributed by atoms with Crippen LogP contribution >= 0.6 is 34.8 Å². The summed E-state index contributed by atoms with van der Waals surface area (Å²) in [5.41, 5.74) is 3.97. The summed E-state index contributed by atoms with van der Waals surface area (Å²) in [6.45, 7) is 3.71. The molecule has 0 aromatic heterocycles. The molecule has 9 heteroatoms. The van der Waals surface area contributed by atoms with E-state index in [1.54, 1.807) is 54.6 Å². The van der Waals surface area contributed by atoms with Crippen molar-refractivity contribution >= 4 is 69.6 Å². The van der Waals surface area contributed by atoms with Gasteiger partial charge in [0.15, 0.2) is 0 Å². The van der Waals surface area contributed by atoms with Crippen LogP contribution in [0.15, 0.2) is 71.4 Å². The highest BCUT2D eigenvalue weighted by molar-refractivity contribution is 6.53. The van der Waals surface area contributed by atoms with Crippen molar-refractivity contribution in [1.29, 1.82) is 0 Å². The monoisotopic (exact) mass is 527 g/mol. The van der Waals surface area contributed by atoms with Crippen molar-refractivity contribution in [1.82, 2.24) is 0 Å². The first-order chi connectivity index (χ1) is 16.6.